The van der Waals surface area contributed by atoms with Crippen molar-refractivity contribution in [3.05, 3.63) is 41.3 Å². The van der Waals surface area contributed by atoms with Crippen LogP contribution < -0.4 is 5.73 Å². The molecule has 0 spiro atoms. The lowest BCUT2D eigenvalue weighted by Crippen LogP contribution is -2.17. The summed E-state index contributed by atoms with van der Waals surface area (Å²) in [5, 5.41) is 4.46. The Bertz CT molecular complexity index is 574. The molecule has 0 aromatic carbocycles. The fourth-order valence-electron chi connectivity index (χ4n) is 1.84. The Morgan fingerprint density at radius 2 is 2.17 bits per heavy atom. The molecular weight excluding hydrogens is 228 g/mol. The maximum absolute atomic E-state index is 11.4. The van der Waals surface area contributed by atoms with Gasteiger partial charge in [0.15, 0.2) is 5.82 Å². The minimum atomic E-state index is -0.492. The fraction of sp³-hybridized carbons (Fsp3) is 0.308. The van der Waals surface area contributed by atoms with Gasteiger partial charge in [-0.1, -0.05) is 13.8 Å². The maximum Gasteiger partial charge on any atom is 0.252 e. The molecule has 18 heavy (non-hydrogen) atoms. The zero-order chi connectivity index (χ0) is 13.1. The maximum atomic E-state index is 11.4. The lowest BCUT2D eigenvalue weighted by atomic mass is 10.2. The molecular formula is C13H16N4O. The minimum Gasteiger partial charge on any atom is -0.365 e. The lowest BCUT2D eigenvalue weighted by Gasteiger charge is -2.08. The van der Waals surface area contributed by atoms with Crippen molar-refractivity contribution < 1.29 is 4.79 Å². The van der Waals surface area contributed by atoms with Gasteiger partial charge in [0, 0.05) is 11.9 Å². The summed E-state index contributed by atoms with van der Waals surface area (Å²) < 4.78 is 1.71. The van der Waals surface area contributed by atoms with Crippen molar-refractivity contribution in [2.75, 3.05) is 0 Å². The average Bonchev–Trinajstić information content (AvgIpc) is 2.81. The number of carbonyl (C=O) groups excluding carboxylic acids is 1. The van der Waals surface area contributed by atoms with E-state index < -0.39 is 5.91 Å². The Kier molecular flexibility index (Phi) is 3.41. The first-order chi connectivity index (χ1) is 8.67. The number of primary amides is 1. The second kappa shape index (κ2) is 5.00. The highest BCUT2D eigenvalue weighted by Gasteiger charge is 2.15. The molecule has 0 fully saturated rings. The van der Waals surface area contributed by atoms with E-state index in [0.29, 0.717) is 11.4 Å². The molecule has 1 amide bonds. The van der Waals surface area contributed by atoms with Crippen molar-refractivity contribution in [1.29, 1.82) is 0 Å². The van der Waals surface area contributed by atoms with Gasteiger partial charge in [-0.2, -0.15) is 5.10 Å². The second-order valence-corrected chi connectivity index (χ2v) is 3.98. The highest BCUT2D eigenvalue weighted by Crippen LogP contribution is 2.15. The fourth-order valence-corrected chi connectivity index (χ4v) is 1.84. The topological polar surface area (TPSA) is 73.8 Å². The average molecular weight is 244 g/mol. The summed E-state index contributed by atoms with van der Waals surface area (Å²) in [4.78, 5) is 15.6. The third-order valence-electron chi connectivity index (χ3n) is 2.81. The minimum absolute atomic E-state index is 0.387. The molecule has 2 heterocycles. The van der Waals surface area contributed by atoms with E-state index in [1.54, 1.807) is 23.0 Å². The number of hydrogen-bond donors (Lipinski definition) is 1. The van der Waals surface area contributed by atoms with E-state index in [1.807, 2.05) is 19.9 Å². The van der Waals surface area contributed by atoms with E-state index in [2.05, 4.69) is 10.1 Å². The van der Waals surface area contributed by atoms with E-state index >= 15 is 0 Å². The Morgan fingerprint density at radius 1 is 1.39 bits per heavy atom. The first-order valence-corrected chi connectivity index (χ1v) is 6.00. The summed E-state index contributed by atoms with van der Waals surface area (Å²) in [5.74, 6) is 0.00949. The van der Waals surface area contributed by atoms with E-state index in [9.17, 15) is 4.79 Å². The van der Waals surface area contributed by atoms with Gasteiger partial charge in [-0.05, 0) is 31.0 Å². The second-order valence-electron chi connectivity index (χ2n) is 3.98. The summed E-state index contributed by atoms with van der Waals surface area (Å²) in [6.45, 7) is 4.08. The number of nitrogens with zero attached hydrogens (tertiary/aromatic N) is 3. The molecule has 0 aliphatic carbocycles. The Labute approximate surface area is 106 Å². The van der Waals surface area contributed by atoms with Gasteiger partial charge in [0.25, 0.3) is 5.91 Å². The molecule has 0 saturated carbocycles. The Morgan fingerprint density at radius 3 is 2.78 bits per heavy atom. The molecule has 2 rings (SSSR count). The van der Waals surface area contributed by atoms with Crippen LogP contribution in [0, 0.1) is 0 Å². The van der Waals surface area contributed by atoms with Crippen molar-refractivity contribution in [2.24, 2.45) is 5.73 Å². The van der Waals surface area contributed by atoms with Gasteiger partial charge in [-0.25, -0.2) is 9.67 Å². The molecule has 5 heteroatoms. The van der Waals surface area contributed by atoms with Gasteiger partial charge in [0.2, 0.25) is 0 Å². The zero-order valence-electron chi connectivity index (χ0n) is 10.6. The molecule has 2 N–H and O–H groups in total. The number of rotatable bonds is 4. The van der Waals surface area contributed by atoms with Gasteiger partial charge >= 0.3 is 0 Å². The number of pyridine rings is 1. The SMILES string of the molecule is CCc1cc(CC)n(-c2ncccc2C(N)=O)n1. The smallest absolute Gasteiger partial charge is 0.252 e. The van der Waals surface area contributed by atoms with Crippen molar-refractivity contribution in [2.45, 2.75) is 26.7 Å². The first-order valence-electron chi connectivity index (χ1n) is 6.00. The summed E-state index contributed by atoms with van der Waals surface area (Å²) in [6.07, 6.45) is 3.30. The third kappa shape index (κ3) is 2.11. The highest BCUT2D eigenvalue weighted by molar-refractivity contribution is 5.95. The van der Waals surface area contributed by atoms with Gasteiger partial charge in [-0.15, -0.1) is 0 Å². The van der Waals surface area contributed by atoms with E-state index in [-0.39, 0.29) is 0 Å². The van der Waals surface area contributed by atoms with Crippen LogP contribution in [-0.2, 0) is 12.8 Å². The Hall–Kier alpha value is -2.17. The summed E-state index contributed by atoms with van der Waals surface area (Å²) in [6, 6.07) is 5.39. The van der Waals surface area contributed by atoms with Crippen LogP contribution in [0.25, 0.3) is 5.82 Å². The number of carbonyl (C=O) groups is 1. The van der Waals surface area contributed by atoms with Crippen LogP contribution in [-0.4, -0.2) is 20.7 Å². The van der Waals surface area contributed by atoms with Gasteiger partial charge in [-0.3, -0.25) is 4.79 Å². The van der Waals surface area contributed by atoms with E-state index in [4.69, 9.17) is 5.73 Å². The molecule has 5 nitrogen and oxygen atoms in total. The molecule has 0 aliphatic heterocycles. The van der Waals surface area contributed by atoms with Crippen molar-refractivity contribution in [1.82, 2.24) is 14.8 Å². The molecule has 2 aromatic heterocycles. The summed E-state index contributed by atoms with van der Waals surface area (Å²) >= 11 is 0. The monoisotopic (exact) mass is 244 g/mol. The van der Waals surface area contributed by atoms with Crippen LogP contribution in [0.3, 0.4) is 0 Å². The first kappa shape index (κ1) is 12.3. The zero-order valence-corrected chi connectivity index (χ0v) is 10.6. The van der Waals surface area contributed by atoms with Gasteiger partial charge in [0.05, 0.1) is 11.3 Å². The van der Waals surface area contributed by atoms with Crippen LogP contribution in [0.5, 0.6) is 0 Å². The summed E-state index contributed by atoms with van der Waals surface area (Å²) in [7, 11) is 0. The molecule has 0 unspecified atom stereocenters. The summed E-state index contributed by atoms with van der Waals surface area (Å²) in [5.41, 5.74) is 7.75. The number of amides is 1. The molecule has 0 aliphatic rings. The van der Waals surface area contributed by atoms with E-state index in [1.165, 1.54) is 0 Å². The van der Waals surface area contributed by atoms with Crippen molar-refractivity contribution in [3.8, 4) is 5.82 Å². The van der Waals surface area contributed by atoms with Crippen LogP contribution in [0.1, 0.15) is 35.6 Å². The molecule has 0 radical (unpaired) electrons. The van der Waals surface area contributed by atoms with Crippen LogP contribution in [0.2, 0.25) is 0 Å². The van der Waals surface area contributed by atoms with Crippen LogP contribution in [0.4, 0.5) is 0 Å². The molecule has 0 atom stereocenters. The molecule has 2 aromatic rings. The largest absolute Gasteiger partial charge is 0.365 e. The predicted molar refractivity (Wildman–Crippen MR) is 68.6 cm³/mol. The van der Waals surface area contributed by atoms with Crippen molar-refractivity contribution in [3.63, 3.8) is 0 Å². The standard InChI is InChI=1S/C13H16N4O/c1-3-9-8-10(4-2)17(16-9)13-11(12(14)18)6-5-7-15-13/h5-8H,3-4H2,1-2H3,(H2,14,18). The van der Waals surface area contributed by atoms with Crippen molar-refractivity contribution >= 4 is 5.91 Å². The molecule has 0 saturated heterocycles. The molecule has 94 valence electrons. The lowest BCUT2D eigenvalue weighted by molar-refractivity contribution is 0.1000. The normalized spacial score (nSPS) is 10.6. The number of hydrogen-bond acceptors (Lipinski definition) is 3. The van der Waals surface area contributed by atoms with Gasteiger partial charge < -0.3 is 5.73 Å². The number of aromatic nitrogens is 3. The highest BCUT2D eigenvalue weighted by atomic mass is 16.1. The number of aryl methyl sites for hydroxylation is 2. The van der Waals surface area contributed by atoms with Crippen LogP contribution in [0.15, 0.2) is 24.4 Å². The number of nitrogens with two attached hydrogens (primary N) is 1. The predicted octanol–water partition coefficient (Wildman–Crippen LogP) is 1.49. The van der Waals surface area contributed by atoms with E-state index in [0.717, 1.165) is 24.2 Å². The quantitative estimate of drug-likeness (QED) is 0.885. The molecule has 0 bridgehead atoms. The third-order valence-corrected chi connectivity index (χ3v) is 2.81. The van der Waals surface area contributed by atoms with Gasteiger partial charge in [0.1, 0.15) is 0 Å². The van der Waals surface area contributed by atoms with Crippen LogP contribution >= 0.6 is 0 Å². The Balaban J connectivity index is 2.61.